The number of fused-ring (bicyclic) bond motifs is 1. The average Bonchev–Trinajstić information content (AvgIpc) is 2.60. The van der Waals surface area contributed by atoms with E-state index in [-0.39, 0.29) is 0 Å². The minimum Gasteiger partial charge on any atom is -0.314 e. The molecule has 0 bridgehead atoms. The number of pyridine rings is 1. The molecule has 2 atom stereocenters. The lowest BCUT2D eigenvalue weighted by Gasteiger charge is -2.34. The quantitative estimate of drug-likeness (QED) is 0.888. The van der Waals surface area contributed by atoms with Crippen molar-refractivity contribution in [2.45, 2.75) is 58.9 Å². The van der Waals surface area contributed by atoms with E-state index in [9.17, 15) is 0 Å². The molecule has 1 aliphatic carbocycles. The van der Waals surface area contributed by atoms with Crippen LogP contribution in [0.5, 0.6) is 0 Å². The van der Waals surface area contributed by atoms with Crippen LogP contribution in [0, 0.1) is 6.92 Å². The molecule has 2 aromatic rings. The van der Waals surface area contributed by atoms with Crippen LogP contribution in [0.2, 0.25) is 0 Å². The number of hydrogen-bond donors (Lipinski definition) is 1. The van der Waals surface area contributed by atoms with Crippen LogP contribution in [0.3, 0.4) is 0 Å². The Labute approximate surface area is 141 Å². The van der Waals surface area contributed by atoms with E-state index in [1.165, 1.54) is 35.1 Å². The zero-order valence-corrected chi connectivity index (χ0v) is 15.0. The van der Waals surface area contributed by atoms with Gasteiger partial charge in [0.15, 0.2) is 0 Å². The number of nitrogens with one attached hydrogen (secondary N) is 1. The van der Waals surface area contributed by atoms with Gasteiger partial charge in [-0.15, -0.1) is 0 Å². The molecule has 0 radical (unpaired) electrons. The van der Waals surface area contributed by atoms with E-state index in [1.54, 1.807) is 0 Å². The van der Waals surface area contributed by atoms with Crippen LogP contribution in [-0.4, -0.2) is 17.6 Å². The Morgan fingerprint density at radius 3 is 2.74 bits per heavy atom. The van der Waals surface area contributed by atoms with Crippen LogP contribution in [-0.2, 0) is 12.8 Å². The average molecular weight is 310 g/mol. The molecule has 0 saturated heterocycles. The second kappa shape index (κ2) is 8.83. The third kappa shape index (κ3) is 4.42. The van der Waals surface area contributed by atoms with E-state index < -0.39 is 0 Å². The number of aromatic nitrogens is 1. The third-order valence-electron chi connectivity index (χ3n) is 4.55. The number of likely N-dealkylation sites (N-methyl/N-ethyl adjacent to an activating group) is 1. The van der Waals surface area contributed by atoms with Crippen molar-refractivity contribution < 1.29 is 0 Å². The number of aryl methyl sites for hydroxylation is 2. The summed E-state index contributed by atoms with van der Waals surface area (Å²) in [6.45, 7) is 9.42. The molecule has 3 rings (SSSR count). The third-order valence-corrected chi connectivity index (χ3v) is 4.55. The molecule has 0 spiro atoms. The number of rotatable bonds is 4. The highest BCUT2D eigenvalue weighted by atomic mass is 14.9. The van der Waals surface area contributed by atoms with Gasteiger partial charge >= 0.3 is 0 Å². The maximum atomic E-state index is 4.27. The summed E-state index contributed by atoms with van der Waals surface area (Å²) in [7, 11) is 0. The van der Waals surface area contributed by atoms with Crippen LogP contribution in [0.15, 0.2) is 42.7 Å². The first-order valence-corrected chi connectivity index (χ1v) is 8.99. The fourth-order valence-corrected chi connectivity index (χ4v) is 3.57. The van der Waals surface area contributed by atoms with Crippen molar-refractivity contribution in [1.82, 2.24) is 10.3 Å². The number of hydrogen-bond acceptors (Lipinski definition) is 2. The van der Waals surface area contributed by atoms with Crippen molar-refractivity contribution in [3.8, 4) is 0 Å². The first kappa shape index (κ1) is 17.7. The smallest absolute Gasteiger partial charge is 0.0300 e. The summed E-state index contributed by atoms with van der Waals surface area (Å²) in [6, 6.07) is 11.8. The molecule has 0 fully saturated rings. The van der Waals surface area contributed by atoms with E-state index in [4.69, 9.17) is 0 Å². The molecule has 2 heteroatoms. The van der Waals surface area contributed by atoms with Crippen LogP contribution in [0.25, 0.3) is 0 Å². The molecule has 1 heterocycles. The van der Waals surface area contributed by atoms with Gasteiger partial charge in [-0.3, -0.25) is 4.98 Å². The van der Waals surface area contributed by atoms with Crippen LogP contribution >= 0.6 is 0 Å². The molecule has 0 amide bonds. The molecule has 1 aliphatic rings. The maximum absolute atomic E-state index is 4.27. The monoisotopic (exact) mass is 310 g/mol. The van der Waals surface area contributed by atoms with Crippen LogP contribution in [0.4, 0.5) is 0 Å². The SMILES string of the molecule is CC.CCNC1CCc2cc(C)ccc2C1Cc1cccnc1. The molecule has 0 saturated carbocycles. The summed E-state index contributed by atoms with van der Waals surface area (Å²) < 4.78 is 0. The highest BCUT2D eigenvalue weighted by molar-refractivity contribution is 5.38. The second-order valence-corrected chi connectivity index (χ2v) is 6.08. The second-order valence-electron chi connectivity index (χ2n) is 6.08. The van der Waals surface area contributed by atoms with Gasteiger partial charge in [-0.1, -0.05) is 50.6 Å². The highest BCUT2D eigenvalue weighted by Crippen LogP contribution is 2.34. The Morgan fingerprint density at radius 1 is 1.22 bits per heavy atom. The van der Waals surface area contributed by atoms with E-state index in [1.807, 2.05) is 32.3 Å². The Morgan fingerprint density at radius 2 is 2.04 bits per heavy atom. The molecular weight excluding hydrogens is 280 g/mol. The molecule has 0 aliphatic heterocycles. The first-order chi connectivity index (χ1) is 11.3. The highest BCUT2D eigenvalue weighted by Gasteiger charge is 2.29. The fraction of sp³-hybridized carbons (Fsp3) is 0.476. The Balaban J connectivity index is 0.000000924. The number of nitrogens with zero attached hydrogens (tertiary/aromatic N) is 1. The van der Waals surface area contributed by atoms with Gasteiger partial charge in [0.05, 0.1) is 0 Å². The number of benzene rings is 1. The van der Waals surface area contributed by atoms with E-state index in [0.717, 1.165) is 13.0 Å². The molecule has 1 aromatic carbocycles. The van der Waals surface area contributed by atoms with Crippen molar-refractivity contribution in [2.24, 2.45) is 0 Å². The predicted molar refractivity (Wildman–Crippen MR) is 99.0 cm³/mol. The topological polar surface area (TPSA) is 24.9 Å². The molecule has 2 unspecified atom stereocenters. The summed E-state index contributed by atoms with van der Waals surface area (Å²) >= 11 is 0. The van der Waals surface area contributed by atoms with Gasteiger partial charge in [0.25, 0.3) is 0 Å². The van der Waals surface area contributed by atoms with Crippen LogP contribution in [0.1, 0.15) is 55.4 Å². The van der Waals surface area contributed by atoms with Crippen molar-refractivity contribution in [3.05, 3.63) is 65.0 Å². The van der Waals surface area contributed by atoms with Gasteiger partial charge < -0.3 is 5.32 Å². The largest absolute Gasteiger partial charge is 0.314 e. The van der Waals surface area contributed by atoms with Gasteiger partial charge in [-0.05, 0) is 55.5 Å². The predicted octanol–water partition coefficient (Wildman–Crippen LogP) is 4.67. The van der Waals surface area contributed by atoms with Crippen molar-refractivity contribution in [1.29, 1.82) is 0 Å². The summed E-state index contributed by atoms with van der Waals surface area (Å²) in [4.78, 5) is 4.27. The molecule has 1 N–H and O–H groups in total. The molecule has 2 nitrogen and oxygen atoms in total. The summed E-state index contributed by atoms with van der Waals surface area (Å²) in [5.41, 5.74) is 5.77. The van der Waals surface area contributed by atoms with Gasteiger partial charge in [-0.25, -0.2) is 0 Å². The standard InChI is InChI=1S/C19H24N2.C2H6/c1-3-21-19-9-7-16-11-14(2)6-8-17(16)18(19)12-15-5-4-10-20-13-15;1-2/h4-6,8,10-11,13,18-19,21H,3,7,9,12H2,1-2H3;1-2H3. The normalized spacial score (nSPS) is 19.5. The Bertz CT molecular complexity index is 592. The zero-order valence-electron chi connectivity index (χ0n) is 15.0. The lowest BCUT2D eigenvalue weighted by Crippen LogP contribution is -2.39. The zero-order chi connectivity index (χ0) is 16.7. The van der Waals surface area contributed by atoms with Crippen molar-refractivity contribution in [2.75, 3.05) is 6.54 Å². The minimum atomic E-state index is 0.554. The lowest BCUT2D eigenvalue weighted by atomic mass is 9.76. The molecule has 124 valence electrons. The Kier molecular flexibility index (Phi) is 6.79. The lowest BCUT2D eigenvalue weighted by molar-refractivity contribution is 0.392. The van der Waals surface area contributed by atoms with Crippen molar-refractivity contribution >= 4 is 0 Å². The van der Waals surface area contributed by atoms with E-state index in [0.29, 0.717) is 12.0 Å². The molecule has 1 aromatic heterocycles. The van der Waals surface area contributed by atoms with E-state index in [2.05, 4.69) is 48.4 Å². The van der Waals surface area contributed by atoms with Gasteiger partial charge in [0.2, 0.25) is 0 Å². The van der Waals surface area contributed by atoms with Gasteiger partial charge in [0, 0.05) is 24.4 Å². The minimum absolute atomic E-state index is 0.554. The van der Waals surface area contributed by atoms with Gasteiger partial charge in [0.1, 0.15) is 0 Å². The molecule has 23 heavy (non-hydrogen) atoms. The Hall–Kier alpha value is -1.67. The summed E-state index contributed by atoms with van der Waals surface area (Å²) in [6.07, 6.45) is 7.35. The van der Waals surface area contributed by atoms with Gasteiger partial charge in [-0.2, -0.15) is 0 Å². The van der Waals surface area contributed by atoms with Crippen LogP contribution < -0.4 is 5.32 Å². The summed E-state index contributed by atoms with van der Waals surface area (Å²) in [5, 5.41) is 3.69. The fourth-order valence-electron chi connectivity index (χ4n) is 3.57. The summed E-state index contributed by atoms with van der Waals surface area (Å²) in [5.74, 6) is 0.554. The molecular formula is C21H30N2. The van der Waals surface area contributed by atoms with E-state index >= 15 is 0 Å². The first-order valence-electron chi connectivity index (χ1n) is 8.99. The maximum Gasteiger partial charge on any atom is 0.0300 e. The van der Waals surface area contributed by atoms with Crippen molar-refractivity contribution in [3.63, 3.8) is 0 Å².